The van der Waals surface area contributed by atoms with Gasteiger partial charge in [-0.3, -0.25) is 4.90 Å². The van der Waals surface area contributed by atoms with E-state index in [0.29, 0.717) is 17.5 Å². The molecule has 0 amide bonds. The number of likely N-dealkylation sites (tertiary alicyclic amines) is 1. The van der Waals surface area contributed by atoms with Gasteiger partial charge in [-0.15, -0.1) is 24.8 Å². The van der Waals surface area contributed by atoms with Crippen molar-refractivity contribution in [1.29, 1.82) is 0 Å². The largest absolute Gasteiger partial charge is 0.493 e. The molecule has 0 aromatic heterocycles. The number of benzene rings is 1. The van der Waals surface area contributed by atoms with Crippen LogP contribution < -0.4 is 19.5 Å². The summed E-state index contributed by atoms with van der Waals surface area (Å²) in [6.45, 7) is 6.35. The van der Waals surface area contributed by atoms with Crippen molar-refractivity contribution in [1.82, 2.24) is 10.2 Å². The molecule has 1 saturated heterocycles. The fraction of sp³-hybridized carbons (Fsp3) is 0.647. The van der Waals surface area contributed by atoms with Gasteiger partial charge in [0, 0.05) is 24.7 Å². The Morgan fingerprint density at radius 2 is 1.79 bits per heavy atom. The Labute approximate surface area is 157 Å². The van der Waals surface area contributed by atoms with E-state index in [4.69, 9.17) is 14.2 Å². The van der Waals surface area contributed by atoms with Crippen LogP contribution in [0.2, 0.25) is 0 Å². The summed E-state index contributed by atoms with van der Waals surface area (Å²) < 4.78 is 16.3. The van der Waals surface area contributed by atoms with Gasteiger partial charge in [-0.05, 0) is 32.0 Å². The number of likely N-dealkylation sites (N-methyl/N-ethyl adjacent to an activating group) is 1. The summed E-state index contributed by atoms with van der Waals surface area (Å²) in [5, 5.41) is 3.55. The Balaban J connectivity index is 0.00000264. The summed E-state index contributed by atoms with van der Waals surface area (Å²) >= 11 is 0. The third-order valence-corrected chi connectivity index (χ3v) is 4.39. The summed E-state index contributed by atoms with van der Waals surface area (Å²) in [4.78, 5) is 2.54. The van der Waals surface area contributed by atoms with Crippen LogP contribution >= 0.6 is 24.8 Å². The molecule has 0 spiro atoms. The first kappa shape index (κ1) is 23.1. The fourth-order valence-electron chi connectivity index (χ4n) is 3.22. The first-order chi connectivity index (χ1) is 10.7. The molecule has 0 aliphatic carbocycles. The molecule has 1 atom stereocenters. The van der Waals surface area contributed by atoms with Gasteiger partial charge in [0.15, 0.2) is 11.5 Å². The standard InChI is InChI=1S/C17H28N2O3.2ClH/c1-5-19-10-6-7-14(19)12-18-11-13-8-9-15(20-2)17(22-4)16(13)21-3;;/h8-9,14,18H,5-7,10-12H2,1-4H3;2*1H. The van der Waals surface area contributed by atoms with E-state index in [-0.39, 0.29) is 24.8 Å². The number of rotatable bonds is 8. The molecule has 1 aliphatic rings. The SMILES string of the molecule is CCN1CCCC1CNCc1ccc(OC)c(OC)c1OC.Cl.Cl. The molecule has 7 heteroatoms. The smallest absolute Gasteiger partial charge is 0.203 e. The van der Waals surface area contributed by atoms with Crippen molar-refractivity contribution in [2.75, 3.05) is 41.0 Å². The highest BCUT2D eigenvalue weighted by Gasteiger charge is 2.22. The highest BCUT2D eigenvalue weighted by molar-refractivity contribution is 5.85. The number of ether oxygens (including phenoxy) is 3. The second-order valence-electron chi connectivity index (χ2n) is 5.55. The fourth-order valence-corrected chi connectivity index (χ4v) is 3.22. The molecule has 1 fully saturated rings. The third-order valence-electron chi connectivity index (χ3n) is 4.39. The molecule has 0 radical (unpaired) electrons. The minimum absolute atomic E-state index is 0. The van der Waals surface area contributed by atoms with E-state index in [9.17, 15) is 0 Å². The highest BCUT2D eigenvalue weighted by atomic mass is 35.5. The Hall–Kier alpha value is -0.880. The van der Waals surface area contributed by atoms with Crippen LogP contribution in [0, 0.1) is 0 Å². The van der Waals surface area contributed by atoms with E-state index >= 15 is 0 Å². The lowest BCUT2D eigenvalue weighted by molar-refractivity contribution is 0.259. The topological polar surface area (TPSA) is 43.0 Å². The van der Waals surface area contributed by atoms with Crippen LogP contribution in [0.1, 0.15) is 25.3 Å². The van der Waals surface area contributed by atoms with Gasteiger partial charge in [-0.1, -0.05) is 13.0 Å². The Morgan fingerprint density at radius 3 is 2.38 bits per heavy atom. The van der Waals surface area contributed by atoms with Crippen molar-refractivity contribution < 1.29 is 14.2 Å². The molecule has 140 valence electrons. The molecular formula is C17H30Cl2N2O3. The molecule has 1 N–H and O–H groups in total. The average molecular weight is 381 g/mol. The Morgan fingerprint density at radius 1 is 1.08 bits per heavy atom. The van der Waals surface area contributed by atoms with Crippen molar-refractivity contribution >= 4 is 24.8 Å². The average Bonchev–Trinajstić information content (AvgIpc) is 3.01. The number of hydrogen-bond acceptors (Lipinski definition) is 5. The first-order valence-corrected chi connectivity index (χ1v) is 7.97. The molecule has 5 nitrogen and oxygen atoms in total. The van der Waals surface area contributed by atoms with Crippen LogP contribution in [-0.4, -0.2) is 51.9 Å². The predicted molar refractivity (Wildman–Crippen MR) is 103 cm³/mol. The molecule has 0 bridgehead atoms. The number of hydrogen-bond donors (Lipinski definition) is 1. The van der Waals surface area contributed by atoms with Gasteiger partial charge in [0.2, 0.25) is 5.75 Å². The van der Waals surface area contributed by atoms with Crippen molar-refractivity contribution in [3.05, 3.63) is 17.7 Å². The van der Waals surface area contributed by atoms with Crippen molar-refractivity contribution in [3.63, 3.8) is 0 Å². The molecular weight excluding hydrogens is 351 g/mol. The van der Waals surface area contributed by atoms with Gasteiger partial charge in [0.1, 0.15) is 0 Å². The van der Waals surface area contributed by atoms with Crippen molar-refractivity contribution in [2.45, 2.75) is 32.4 Å². The second kappa shape index (κ2) is 11.6. The summed E-state index contributed by atoms with van der Waals surface area (Å²) in [7, 11) is 4.93. The zero-order valence-electron chi connectivity index (χ0n) is 15.0. The van der Waals surface area contributed by atoms with E-state index < -0.39 is 0 Å². The van der Waals surface area contributed by atoms with Crippen LogP contribution in [0.25, 0.3) is 0 Å². The maximum absolute atomic E-state index is 5.52. The summed E-state index contributed by atoms with van der Waals surface area (Å²) in [5.41, 5.74) is 1.08. The molecule has 1 heterocycles. The lowest BCUT2D eigenvalue weighted by Crippen LogP contribution is -2.37. The van der Waals surface area contributed by atoms with Crippen LogP contribution in [0.15, 0.2) is 12.1 Å². The first-order valence-electron chi connectivity index (χ1n) is 7.97. The zero-order chi connectivity index (χ0) is 15.9. The number of nitrogens with one attached hydrogen (secondary N) is 1. The zero-order valence-corrected chi connectivity index (χ0v) is 16.6. The Kier molecular flexibility index (Phi) is 11.2. The van der Waals surface area contributed by atoms with Gasteiger partial charge in [0.05, 0.1) is 21.3 Å². The monoisotopic (exact) mass is 380 g/mol. The summed E-state index contributed by atoms with van der Waals surface area (Å²) in [5.74, 6) is 2.09. The minimum Gasteiger partial charge on any atom is -0.493 e. The minimum atomic E-state index is 0. The van der Waals surface area contributed by atoms with Crippen LogP contribution in [-0.2, 0) is 6.54 Å². The van der Waals surface area contributed by atoms with Gasteiger partial charge in [0.25, 0.3) is 0 Å². The molecule has 2 rings (SSSR count). The van der Waals surface area contributed by atoms with Crippen LogP contribution in [0.5, 0.6) is 17.2 Å². The van der Waals surface area contributed by atoms with Crippen LogP contribution in [0.3, 0.4) is 0 Å². The number of methoxy groups -OCH3 is 3. The molecule has 1 unspecified atom stereocenters. The van der Waals surface area contributed by atoms with E-state index in [1.807, 2.05) is 12.1 Å². The summed E-state index contributed by atoms with van der Waals surface area (Å²) in [6.07, 6.45) is 2.59. The highest BCUT2D eigenvalue weighted by Crippen LogP contribution is 2.39. The lowest BCUT2D eigenvalue weighted by Gasteiger charge is -2.23. The van der Waals surface area contributed by atoms with Crippen LogP contribution in [0.4, 0.5) is 0 Å². The maximum Gasteiger partial charge on any atom is 0.203 e. The van der Waals surface area contributed by atoms with Crippen molar-refractivity contribution in [3.8, 4) is 17.2 Å². The van der Waals surface area contributed by atoms with E-state index in [0.717, 1.165) is 30.9 Å². The van der Waals surface area contributed by atoms with E-state index in [1.54, 1.807) is 21.3 Å². The van der Waals surface area contributed by atoms with E-state index in [2.05, 4.69) is 17.1 Å². The molecule has 1 aromatic carbocycles. The van der Waals surface area contributed by atoms with Crippen molar-refractivity contribution in [2.24, 2.45) is 0 Å². The third kappa shape index (κ3) is 5.31. The molecule has 24 heavy (non-hydrogen) atoms. The molecule has 0 saturated carbocycles. The maximum atomic E-state index is 5.52. The number of nitrogens with zero attached hydrogens (tertiary/aromatic N) is 1. The van der Waals surface area contributed by atoms with Gasteiger partial charge in [-0.2, -0.15) is 0 Å². The molecule has 1 aromatic rings. The van der Waals surface area contributed by atoms with Gasteiger partial charge >= 0.3 is 0 Å². The molecule has 1 aliphatic heterocycles. The van der Waals surface area contributed by atoms with E-state index in [1.165, 1.54) is 19.4 Å². The normalized spacial score (nSPS) is 16.9. The van der Waals surface area contributed by atoms with Gasteiger partial charge in [-0.25, -0.2) is 0 Å². The van der Waals surface area contributed by atoms with Gasteiger partial charge < -0.3 is 19.5 Å². The quantitative estimate of drug-likeness (QED) is 0.750. The lowest BCUT2D eigenvalue weighted by atomic mass is 10.1. The Bertz CT molecular complexity index is 489. The predicted octanol–water partition coefficient (Wildman–Crippen LogP) is 3.13. The summed E-state index contributed by atoms with van der Waals surface area (Å²) in [6, 6.07) is 4.60. The second-order valence-corrected chi connectivity index (χ2v) is 5.55. The number of halogens is 2.